The van der Waals surface area contributed by atoms with Crippen LogP contribution in [0.4, 0.5) is 5.69 Å². The Morgan fingerprint density at radius 1 is 1.47 bits per heavy atom. The SMILES string of the molecule is COC(=O)c1ccc(N)c(SCC(=O)NC(C)C)n1. The van der Waals surface area contributed by atoms with E-state index >= 15 is 0 Å². The normalized spacial score (nSPS) is 10.3. The summed E-state index contributed by atoms with van der Waals surface area (Å²) in [6.45, 7) is 3.76. The molecule has 104 valence electrons. The number of hydrogen-bond donors (Lipinski definition) is 2. The van der Waals surface area contributed by atoms with Crippen molar-refractivity contribution in [1.29, 1.82) is 0 Å². The van der Waals surface area contributed by atoms with Gasteiger partial charge in [0.05, 0.1) is 18.6 Å². The van der Waals surface area contributed by atoms with E-state index in [9.17, 15) is 9.59 Å². The Morgan fingerprint density at radius 2 is 2.16 bits per heavy atom. The number of nitrogens with zero attached hydrogens (tertiary/aromatic N) is 1. The molecule has 19 heavy (non-hydrogen) atoms. The molecule has 1 aromatic rings. The summed E-state index contributed by atoms with van der Waals surface area (Å²) in [6.07, 6.45) is 0. The van der Waals surface area contributed by atoms with Crippen LogP contribution >= 0.6 is 11.8 Å². The minimum atomic E-state index is -0.534. The maximum absolute atomic E-state index is 11.5. The van der Waals surface area contributed by atoms with Crippen LogP contribution in [0.5, 0.6) is 0 Å². The van der Waals surface area contributed by atoms with Crippen molar-refractivity contribution in [1.82, 2.24) is 10.3 Å². The summed E-state index contributed by atoms with van der Waals surface area (Å²) in [4.78, 5) is 26.9. The summed E-state index contributed by atoms with van der Waals surface area (Å²) in [5, 5.41) is 3.21. The highest BCUT2D eigenvalue weighted by Crippen LogP contribution is 2.22. The highest BCUT2D eigenvalue weighted by molar-refractivity contribution is 8.00. The van der Waals surface area contributed by atoms with Gasteiger partial charge in [0.1, 0.15) is 10.7 Å². The number of nitrogens with one attached hydrogen (secondary N) is 1. The van der Waals surface area contributed by atoms with Crippen LogP contribution in [0.3, 0.4) is 0 Å². The number of nitrogens with two attached hydrogens (primary N) is 1. The van der Waals surface area contributed by atoms with Gasteiger partial charge in [0.15, 0.2) is 0 Å². The summed E-state index contributed by atoms with van der Waals surface area (Å²) in [6, 6.07) is 3.14. The fourth-order valence-electron chi connectivity index (χ4n) is 1.28. The first-order valence-electron chi connectivity index (χ1n) is 5.71. The van der Waals surface area contributed by atoms with E-state index in [0.29, 0.717) is 10.7 Å². The van der Waals surface area contributed by atoms with Gasteiger partial charge in [-0.2, -0.15) is 0 Å². The molecule has 0 saturated heterocycles. The second-order valence-corrected chi connectivity index (χ2v) is 5.06. The molecule has 1 rings (SSSR count). The van der Waals surface area contributed by atoms with Crippen LogP contribution in [-0.2, 0) is 9.53 Å². The van der Waals surface area contributed by atoms with E-state index in [1.165, 1.54) is 24.9 Å². The molecule has 0 radical (unpaired) electrons. The molecule has 0 aliphatic carbocycles. The van der Waals surface area contributed by atoms with Gasteiger partial charge in [-0.15, -0.1) is 0 Å². The number of hydrogen-bond acceptors (Lipinski definition) is 6. The molecule has 1 aromatic heterocycles. The van der Waals surface area contributed by atoms with E-state index in [-0.39, 0.29) is 23.4 Å². The Labute approximate surface area is 116 Å². The zero-order valence-electron chi connectivity index (χ0n) is 11.1. The van der Waals surface area contributed by atoms with Gasteiger partial charge < -0.3 is 15.8 Å². The third-order valence-corrected chi connectivity index (χ3v) is 3.08. The lowest BCUT2D eigenvalue weighted by molar-refractivity contribution is -0.119. The molecule has 0 saturated carbocycles. The largest absolute Gasteiger partial charge is 0.464 e. The molecule has 1 amide bonds. The fourth-order valence-corrected chi connectivity index (χ4v) is 2.03. The summed E-state index contributed by atoms with van der Waals surface area (Å²) in [5.74, 6) is -0.446. The smallest absolute Gasteiger partial charge is 0.356 e. The number of nitrogen functional groups attached to an aromatic ring is 1. The van der Waals surface area contributed by atoms with Crippen LogP contribution in [0.15, 0.2) is 17.2 Å². The van der Waals surface area contributed by atoms with Crippen molar-refractivity contribution in [3.8, 4) is 0 Å². The Balaban J connectivity index is 2.72. The maximum atomic E-state index is 11.5. The lowest BCUT2D eigenvalue weighted by Crippen LogP contribution is -2.31. The van der Waals surface area contributed by atoms with Crippen molar-refractivity contribution < 1.29 is 14.3 Å². The van der Waals surface area contributed by atoms with Crippen molar-refractivity contribution >= 4 is 29.3 Å². The first-order valence-corrected chi connectivity index (χ1v) is 6.69. The highest BCUT2D eigenvalue weighted by atomic mass is 32.2. The Bertz CT molecular complexity index is 477. The Kier molecular flexibility index (Phi) is 5.62. The number of ether oxygens (including phenoxy) is 1. The van der Waals surface area contributed by atoms with E-state index in [1.54, 1.807) is 6.07 Å². The number of methoxy groups -OCH3 is 1. The standard InChI is InChI=1S/C12H17N3O3S/c1-7(2)14-10(16)6-19-11-8(13)4-5-9(15-11)12(17)18-3/h4-5,7H,6,13H2,1-3H3,(H,14,16). The average Bonchev–Trinajstić information content (AvgIpc) is 2.36. The zero-order valence-corrected chi connectivity index (χ0v) is 11.9. The van der Waals surface area contributed by atoms with Gasteiger partial charge in [-0.1, -0.05) is 11.8 Å². The molecule has 0 aliphatic heterocycles. The van der Waals surface area contributed by atoms with Crippen LogP contribution in [0.2, 0.25) is 0 Å². The van der Waals surface area contributed by atoms with Crippen LogP contribution in [-0.4, -0.2) is 35.8 Å². The van der Waals surface area contributed by atoms with Crippen molar-refractivity contribution in [3.05, 3.63) is 17.8 Å². The number of anilines is 1. The third kappa shape index (κ3) is 4.78. The number of carbonyl (C=O) groups is 2. The molecule has 0 unspecified atom stereocenters. The zero-order chi connectivity index (χ0) is 14.4. The van der Waals surface area contributed by atoms with Crippen molar-refractivity contribution in [2.24, 2.45) is 0 Å². The van der Waals surface area contributed by atoms with Crippen LogP contribution in [0.25, 0.3) is 0 Å². The van der Waals surface area contributed by atoms with Crippen LogP contribution in [0.1, 0.15) is 24.3 Å². The van der Waals surface area contributed by atoms with Gasteiger partial charge in [-0.25, -0.2) is 9.78 Å². The van der Waals surface area contributed by atoms with E-state index < -0.39 is 5.97 Å². The first kappa shape index (κ1) is 15.3. The Hall–Kier alpha value is -1.76. The minimum absolute atomic E-state index is 0.0832. The number of thioether (sulfide) groups is 1. The molecule has 0 spiro atoms. The molecule has 3 N–H and O–H groups in total. The Morgan fingerprint density at radius 3 is 2.74 bits per heavy atom. The second-order valence-electron chi connectivity index (χ2n) is 4.09. The molecule has 0 bridgehead atoms. The molecular weight excluding hydrogens is 266 g/mol. The quantitative estimate of drug-likeness (QED) is 0.620. The number of carbonyl (C=O) groups excluding carboxylic acids is 2. The van der Waals surface area contributed by atoms with E-state index in [1.807, 2.05) is 13.8 Å². The topological polar surface area (TPSA) is 94.3 Å². The summed E-state index contributed by atoms with van der Waals surface area (Å²) < 4.78 is 4.58. The first-order chi connectivity index (χ1) is 8.93. The highest BCUT2D eigenvalue weighted by Gasteiger charge is 2.12. The van der Waals surface area contributed by atoms with Gasteiger partial charge in [-0.3, -0.25) is 4.79 Å². The molecule has 6 nitrogen and oxygen atoms in total. The molecule has 7 heteroatoms. The van der Waals surface area contributed by atoms with E-state index in [2.05, 4.69) is 15.0 Å². The molecule has 0 fully saturated rings. The molecule has 0 aromatic carbocycles. The van der Waals surface area contributed by atoms with E-state index in [0.717, 1.165) is 0 Å². The van der Waals surface area contributed by atoms with Gasteiger partial charge >= 0.3 is 5.97 Å². The summed E-state index contributed by atoms with van der Waals surface area (Å²) in [7, 11) is 1.28. The van der Waals surface area contributed by atoms with Crippen LogP contribution < -0.4 is 11.1 Å². The number of aromatic nitrogens is 1. The summed E-state index contributed by atoms with van der Waals surface area (Å²) >= 11 is 1.18. The van der Waals surface area contributed by atoms with Crippen molar-refractivity contribution in [2.75, 3.05) is 18.6 Å². The lowest BCUT2D eigenvalue weighted by atomic mass is 10.3. The third-order valence-electron chi connectivity index (χ3n) is 2.07. The average molecular weight is 283 g/mol. The predicted octanol–water partition coefficient (Wildman–Crippen LogP) is 1.07. The number of rotatable bonds is 5. The van der Waals surface area contributed by atoms with Crippen molar-refractivity contribution in [2.45, 2.75) is 24.9 Å². The maximum Gasteiger partial charge on any atom is 0.356 e. The predicted molar refractivity (Wildman–Crippen MR) is 74.0 cm³/mol. The minimum Gasteiger partial charge on any atom is -0.464 e. The lowest BCUT2D eigenvalue weighted by Gasteiger charge is -2.09. The van der Waals surface area contributed by atoms with E-state index in [4.69, 9.17) is 5.73 Å². The molecule has 0 atom stereocenters. The van der Waals surface area contributed by atoms with Gasteiger partial charge in [-0.05, 0) is 26.0 Å². The number of pyridine rings is 1. The molecular formula is C12H17N3O3S. The van der Waals surface area contributed by atoms with Crippen LogP contribution in [0, 0.1) is 0 Å². The van der Waals surface area contributed by atoms with Gasteiger partial charge in [0.2, 0.25) is 5.91 Å². The number of esters is 1. The fraction of sp³-hybridized carbons (Fsp3) is 0.417. The second kappa shape index (κ2) is 6.98. The monoisotopic (exact) mass is 283 g/mol. The van der Waals surface area contributed by atoms with Gasteiger partial charge in [0.25, 0.3) is 0 Å². The number of amides is 1. The molecule has 0 aliphatic rings. The summed E-state index contributed by atoms with van der Waals surface area (Å²) in [5.41, 5.74) is 6.35. The van der Waals surface area contributed by atoms with Crippen molar-refractivity contribution in [3.63, 3.8) is 0 Å². The molecule has 1 heterocycles. The van der Waals surface area contributed by atoms with Gasteiger partial charge in [0, 0.05) is 6.04 Å².